The first-order chi connectivity index (χ1) is 9.08. The van der Waals surface area contributed by atoms with Crippen LogP contribution in [0.25, 0.3) is 0 Å². The number of nitrogens with one attached hydrogen (secondary N) is 1. The third-order valence-corrected chi connectivity index (χ3v) is 4.49. The molecule has 19 heavy (non-hydrogen) atoms. The molecular weight excluding hydrogens is 304 g/mol. The molecule has 1 aromatic carbocycles. The van der Waals surface area contributed by atoms with Crippen LogP contribution >= 0.6 is 15.9 Å². The van der Waals surface area contributed by atoms with Gasteiger partial charge in [0.1, 0.15) is 0 Å². The Morgan fingerprint density at radius 1 is 1.47 bits per heavy atom. The number of nitrogens with zero attached hydrogens (tertiary/aromatic N) is 1. The van der Waals surface area contributed by atoms with E-state index in [2.05, 4.69) is 34.2 Å². The minimum atomic E-state index is 0.170. The Kier molecular flexibility index (Phi) is 4.99. The maximum atomic E-state index is 12.4. The zero-order valence-corrected chi connectivity index (χ0v) is 13.1. The van der Waals surface area contributed by atoms with E-state index in [1.165, 1.54) is 0 Å². The second kappa shape index (κ2) is 6.53. The van der Waals surface area contributed by atoms with Crippen molar-refractivity contribution in [3.63, 3.8) is 0 Å². The van der Waals surface area contributed by atoms with Crippen molar-refractivity contribution in [1.82, 2.24) is 10.2 Å². The van der Waals surface area contributed by atoms with E-state index in [1.54, 1.807) is 0 Å². The number of halogens is 1. The summed E-state index contributed by atoms with van der Waals surface area (Å²) in [4.78, 5) is 14.3. The van der Waals surface area contributed by atoms with Crippen LogP contribution in [0.15, 0.2) is 28.7 Å². The first-order valence-electron chi connectivity index (χ1n) is 6.79. The van der Waals surface area contributed by atoms with E-state index in [4.69, 9.17) is 0 Å². The highest BCUT2D eigenvalue weighted by molar-refractivity contribution is 9.10. The van der Waals surface area contributed by atoms with Crippen LogP contribution < -0.4 is 5.32 Å². The van der Waals surface area contributed by atoms with Crippen LogP contribution in [0.3, 0.4) is 0 Å². The Balaban J connectivity index is 1.97. The van der Waals surface area contributed by atoms with Gasteiger partial charge in [0.15, 0.2) is 0 Å². The highest BCUT2D eigenvalue weighted by Gasteiger charge is 2.27. The van der Waals surface area contributed by atoms with Crippen molar-refractivity contribution in [1.29, 1.82) is 0 Å². The largest absolute Gasteiger partial charge is 0.341 e. The van der Waals surface area contributed by atoms with Gasteiger partial charge in [0, 0.05) is 30.0 Å². The van der Waals surface area contributed by atoms with Gasteiger partial charge in [-0.05, 0) is 37.9 Å². The van der Waals surface area contributed by atoms with Crippen molar-refractivity contribution >= 4 is 21.8 Å². The van der Waals surface area contributed by atoms with Crippen LogP contribution in [0.4, 0.5) is 0 Å². The molecule has 3 nitrogen and oxygen atoms in total. The summed E-state index contributed by atoms with van der Waals surface area (Å²) in [5, 5.41) is 3.39. The van der Waals surface area contributed by atoms with Gasteiger partial charge >= 0.3 is 0 Å². The van der Waals surface area contributed by atoms with Crippen molar-refractivity contribution in [3.05, 3.63) is 34.3 Å². The van der Waals surface area contributed by atoms with Gasteiger partial charge in [0.2, 0.25) is 5.91 Å². The molecule has 1 aromatic rings. The lowest BCUT2D eigenvalue weighted by Crippen LogP contribution is -2.42. The smallest absolute Gasteiger partial charge is 0.225 e. The predicted octanol–water partition coefficient (Wildman–Crippen LogP) is 2.80. The number of piperidine rings is 1. The normalized spacial score (nSPS) is 23.1. The van der Waals surface area contributed by atoms with E-state index < -0.39 is 0 Å². The molecule has 1 saturated heterocycles. The first-order valence-corrected chi connectivity index (χ1v) is 7.59. The summed E-state index contributed by atoms with van der Waals surface area (Å²) in [6.45, 7) is 3.76. The Morgan fingerprint density at radius 2 is 2.21 bits per heavy atom. The van der Waals surface area contributed by atoms with Crippen LogP contribution in [0.1, 0.15) is 25.3 Å². The van der Waals surface area contributed by atoms with Crippen molar-refractivity contribution in [2.75, 3.05) is 13.6 Å². The van der Waals surface area contributed by atoms with E-state index in [-0.39, 0.29) is 11.8 Å². The van der Waals surface area contributed by atoms with Crippen LogP contribution in [-0.4, -0.2) is 30.4 Å². The minimum Gasteiger partial charge on any atom is -0.341 e. The van der Waals surface area contributed by atoms with Gasteiger partial charge in [-0.3, -0.25) is 4.79 Å². The van der Waals surface area contributed by atoms with Gasteiger partial charge in [-0.2, -0.15) is 0 Å². The average molecular weight is 325 g/mol. The summed E-state index contributed by atoms with van der Waals surface area (Å²) in [5.41, 5.74) is 1.15. The molecule has 1 fully saturated rings. The highest BCUT2D eigenvalue weighted by Crippen LogP contribution is 2.21. The lowest BCUT2D eigenvalue weighted by Gasteiger charge is -2.30. The second-order valence-corrected chi connectivity index (χ2v) is 6.22. The summed E-state index contributed by atoms with van der Waals surface area (Å²) in [5.74, 6) is 0.438. The Labute approximate surface area is 123 Å². The molecule has 0 radical (unpaired) electrons. The Bertz CT molecular complexity index is 450. The van der Waals surface area contributed by atoms with Crippen molar-refractivity contribution in [2.24, 2.45) is 5.92 Å². The maximum Gasteiger partial charge on any atom is 0.225 e. The lowest BCUT2D eigenvalue weighted by molar-refractivity contribution is -0.135. The number of benzene rings is 1. The fourth-order valence-corrected chi connectivity index (χ4v) is 3.04. The number of amides is 1. The fourth-order valence-electron chi connectivity index (χ4n) is 2.63. The molecule has 2 unspecified atom stereocenters. The van der Waals surface area contributed by atoms with Crippen LogP contribution in [-0.2, 0) is 11.3 Å². The van der Waals surface area contributed by atoms with E-state index in [0.717, 1.165) is 29.4 Å². The second-order valence-electron chi connectivity index (χ2n) is 5.36. The van der Waals surface area contributed by atoms with Crippen LogP contribution in [0.2, 0.25) is 0 Å². The molecular formula is C15H21BrN2O. The fraction of sp³-hybridized carbons (Fsp3) is 0.533. The van der Waals surface area contributed by atoms with Gasteiger partial charge in [-0.25, -0.2) is 0 Å². The zero-order chi connectivity index (χ0) is 13.8. The quantitative estimate of drug-likeness (QED) is 0.927. The molecule has 0 bridgehead atoms. The molecule has 0 aliphatic carbocycles. The average Bonchev–Trinajstić information content (AvgIpc) is 2.40. The number of hydrogen-bond acceptors (Lipinski definition) is 2. The molecule has 1 aliphatic rings. The Hall–Kier alpha value is -0.870. The standard InChI is InChI=1S/C15H21BrN2O/c1-11-9-12(7-8-17-11)15(19)18(2)10-13-5-3-4-6-14(13)16/h3-6,11-12,17H,7-10H2,1-2H3. The molecule has 2 rings (SSSR count). The monoisotopic (exact) mass is 324 g/mol. The van der Waals surface area contributed by atoms with Crippen molar-refractivity contribution < 1.29 is 4.79 Å². The molecule has 0 aromatic heterocycles. The van der Waals surface area contributed by atoms with Gasteiger partial charge in [0.05, 0.1) is 0 Å². The summed E-state index contributed by atoms with van der Waals surface area (Å²) >= 11 is 3.53. The predicted molar refractivity (Wildman–Crippen MR) is 80.8 cm³/mol. The van der Waals surface area contributed by atoms with Crippen molar-refractivity contribution in [3.8, 4) is 0 Å². The van der Waals surface area contributed by atoms with Gasteiger partial charge < -0.3 is 10.2 Å². The molecule has 104 valence electrons. The summed E-state index contributed by atoms with van der Waals surface area (Å²) in [6, 6.07) is 8.51. The number of hydrogen-bond donors (Lipinski definition) is 1. The molecule has 0 saturated carbocycles. The molecule has 2 atom stereocenters. The Morgan fingerprint density at radius 3 is 2.89 bits per heavy atom. The molecule has 4 heteroatoms. The SMILES string of the molecule is CC1CC(C(=O)N(C)Cc2ccccc2Br)CCN1. The highest BCUT2D eigenvalue weighted by atomic mass is 79.9. The number of carbonyl (C=O) groups is 1. The minimum absolute atomic E-state index is 0.170. The topological polar surface area (TPSA) is 32.3 Å². The molecule has 1 N–H and O–H groups in total. The van der Waals surface area contributed by atoms with Crippen molar-refractivity contribution in [2.45, 2.75) is 32.4 Å². The lowest BCUT2D eigenvalue weighted by atomic mass is 9.92. The van der Waals surface area contributed by atoms with E-state index in [1.807, 2.05) is 30.1 Å². The molecule has 1 amide bonds. The third kappa shape index (κ3) is 3.80. The molecule has 1 heterocycles. The van der Waals surface area contributed by atoms with Gasteiger partial charge in [-0.15, -0.1) is 0 Å². The molecule has 0 spiro atoms. The number of carbonyl (C=O) groups excluding carboxylic acids is 1. The van der Waals surface area contributed by atoms with E-state index >= 15 is 0 Å². The zero-order valence-electron chi connectivity index (χ0n) is 11.5. The van der Waals surface area contributed by atoms with Crippen LogP contribution in [0, 0.1) is 5.92 Å². The first kappa shape index (κ1) is 14.5. The third-order valence-electron chi connectivity index (χ3n) is 3.71. The summed E-state index contributed by atoms with van der Waals surface area (Å²) < 4.78 is 1.06. The summed E-state index contributed by atoms with van der Waals surface area (Å²) in [6.07, 6.45) is 1.89. The van der Waals surface area contributed by atoms with Crippen LogP contribution in [0.5, 0.6) is 0 Å². The van der Waals surface area contributed by atoms with Gasteiger partial charge in [0.25, 0.3) is 0 Å². The number of rotatable bonds is 3. The van der Waals surface area contributed by atoms with Gasteiger partial charge in [-0.1, -0.05) is 34.1 Å². The maximum absolute atomic E-state index is 12.4. The van der Waals surface area contributed by atoms with E-state index in [9.17, 15) is 4.79 Å². The van der Waals surface area contributed by atoms with E-state index in [0.29, 0.717) is 12.6 Å². The summed E-state index contributed by atoms with van der Waals surface area (Å²) in [7, 11) is 1.90. The molecule has 1 aliphatic heterocycles.